The van der Waals surface area contributed by atoms with Gasteiger partial charge in [-0.15, -0.1) is 0 Å². The molecule has 0 aromatic heterocycles. The van der Waals surface area contributed by atoms with Gasteiger partial charge in [0.05, 0.1) is 12.7 Å². The van der Waals surface area contributed by atoms with Gasteiger partial charge in [0, 0.05) is 39.1 Å². The topological polar surface area (TPSA) is 32.8 Å². The van der Waals surface area contributed by atoms with Crippen LogP contribution < -0.4 is 0 Å². The van der Waals surface area contributed by atoms with Crippen LogP contribution in [-0.2, 0) is 9.53 Å². The first kappa shape index (κ1) is 20.6. The lowest BCUT2D eigenvalue weighted by Crippen LogP contribution is -2.47. The lowest BCUT2D eigenvalue weighted by Gasteiger charge is -2.34. The van der Waals surface area contributed by atoms with E-state index in [1.54, 1.807) is 6.92 Å². The van der Waals surface area contributed by atoms with E-state index in [4.69, 9.17) is 4.74 Å². The number of piperazine rings is 1. The Balaban J connectivity index is 0.00000191. The summed E-state index contributed by atoms with van der Waals surface area (Å²) in [5, 5.41) is 0. The van der Waals surface area contributed by atoms with E-state index in [-0.39, 0.29) is 0 Å². The average Bonchev–Trinajstić information content (AvgIpc) is 2.47. The van der Waals surface area contributed by atoms with Crippen molar-refractivity contribution in [3.63, 3.8) is 0 Å². The number of Topliss-reactive ketones (excluding diaryl/α,β-unsaturated/α-hetero) is 1. The van der Waals surface area contributed by atoms with E-state index in [2.05, 4.69) is 23.6 Å². The molecule has 0 radical (unpaired) electrons. The highest BCUT2D eigenvalue weighted by atomic mass is 16.5. The number of ether oxygens (including phenoxy) is 1. The molecule has 21 heavy (non-hydrogen) atoms. The molecular formula is C17H36N2O2. The number of unbranched alkanes of at least 4 members (excludes halogenated alkanes) is 1. The highest BCUT2D eigenvalue weighted by molar-refractivity contribution is 5.75. The summed E-state index contributed by atoms with van der Waals surface area (Å²) in [7, 11) is 0. The Morgan fingerprint density at radius 3 is 2.00 bits per heavy atom. The molecular weight excluding hydrogens is 264 g/mol. The van der Waals surface area contributed by atoms with E-state index in [9.17, 15) is 4.79 Å². The Morgan fingerprint density at radius 2 is 1.52 bits per heavy atom. The van der Waals surface area contributed by atoms with E-state index in [0.717, 1.165) is 65.1 Å². The minimum absolute atomic E-state index is 0.315. The van der Waals surface area contributed by atoms with Gasteiger partial charge in [-0.25, -0.2) is 0 Å². The zero-order valence-electron chi connectivity index (χ0n) is 14.9. The van der Waals surface area contributed by atoms with Gasteiger partial charge in [0.2, 0.25) is 0 Å². The Morgan fingerprint density at radius 1 is 1.00 bits per heavy atom. The Kier molecular flexibility index (Phi) is 12.9. The first-order valence-electron chi connectivity index (χ1n) is 8.63. The van der Waals surface area contributed by atoms with Gasteiger partial charge < -0.3 is 14.4 Å². The number of carbonyl (C=O) groups is 1. The molecule has 0 aromatic carbocycles. The fraction of sp³-hybridized carbons (Fsp3) is 0.941. The SMILES string of the molecule is CC.CC(=O)CCCCN1CCN(CCOC(C)C)CC1. The minimum atomic E-state index is 0.315. The maximum Gasteiger partial charge on any atom is 0.129 e. The van der Waals surface area contributed by atoms with Crippen molar-refractivity contribution in [2.45, 2.75) is 60.0 Å². The van der Waals surface area contributed by atoms with E-state index in [1.807, 2.05) is 13.8 Å². The second-order valence-electron chi connectivity index (χ2n) is 5.76. The molecule has 0 bridgehead atoms. The van der Waals surface area contributed by atoms with Crippen molar-refractivity contribution in [2.75, 3.05) is 45.9 Å². The molecule has 0 atom stereocenters. The molecule has 4 nitrogen and oxygen atoms in total. The number of rotatable bonds is 9. The fourth-order valence-electron chi connectivity index (χ4n) is 2.36. The molecule has 4 heteroatoms. The molecule has 1 rings (SSSR count). The molecule has 0 N–H and O–H groups in total. The lowest BCUT2D eigenvalue weighted by atomic mass is 10.2. The van der Waals surface area contributed by atoms with Crippen LogP contribution in [0.3, 0.4) is 0 Å². The molecule has 0 aromatic rings. The standard InChI is InChI=1S/C15H30N2O2.C2H6/c1-14(2)19-13-12-17-10-8-16(9-11-17)7-5-4-6-15(3)18;1-2/h14H,4-13H2,1-3H3;1-2H3. The number of hydrogen-bond acceptors (Lipinski definition) is 4. The average molecular weight is 300 g/mol. The quantitative estimate of drug-likeness (QED) is 0.613. The third kappa shape index (κ3) is 11.8. The summed E-state index contributed by atoms with van der Waals surface area (Å²) in [6.45, 7) is 17.5. The highest BCUT2D eigenvalue weighted by Gasteiger charge is 2.16. The van der Waals surface area contributed by atoms with Crippen LogP contribution in [0.25, 0.3) is 0 Å². The van der Waals surface area contributed by atoms with Crippen molar-refractivity contribution in [3.8, 4) is 0 Å². The molecule has 1 aliphatic rings. The van der Waals surface area contributed by atoms with Crippen molar-refractivity contribution in [1.82, 2.24) is 9.80 Å². The van der Waals surface area contributed by atoms with Crippen LogP contribution in [0, 0.1) is 0 Å². The van der Waals surface area contributed by atoms with E-state index in [1.165, 1.54) is 0 Å². The van der Waals surface area contributed by atoms with Crippen LogP contribution in [0.15, 0.2) is 0 Å². The summed E-state index contributed by atoms with van der Waals surface area (Å²) < 4.78 is 5.59. The molecule has 126 valence electrons. The van der Waals surface area contributed by atoms with E-state index in [0.29, 0.717) is 11.9 Å². The summed E-state index contributed by atoms with van der Waals surface area (Å²) in [5.74, 6) is 0.315. The van der Waals surface area contributed by atoms with Crippen LogP contribution in [-0.4, -0.2) is 67.6 Å². The highest BCUT2D eigenvalue weighted by Crippen LogP contribution is 2.05. The van der Waals surface area contributed by atoms with Crippen molar-refractivity contribution in [2.24, 2.45) is 0 Å². The Labute approximate surface area is 131 Å². The molecule has 0 amide bonds. The molecule has 1 aliphatic heterocycles. The zero-order valence-corrected chi connectivity index (χ0v) is 14.9. The van der Waals surface area contributed by atoms with Crippen LogP contribution in [0.2, 0.25) is 0 Å². The first-order chi connectivity index (χ1) is 10.1. The van der Waals surface area contributed by atoms with Gasteiger partial charge in [-0.1, -0.05) is 13.8 Å². The summed E-state index contributed by atoms with van der Waals surface area (Å²) in [4.78, 5) is 15.8. The van der Waals surface area contributed by atoms with Crippen molar-refractivity contribution in [3.05, 3.63) is 0 Å². The monoisotopic (exact) mass is 300 g/mol. The summed E-state index contributed by atoms with van der Waals surface area (Å²) in [6.07, 6.45) is 3.27. The smallest absolute Gasteiger partial charge is 0.129 e. The number of ketones is 1. The van der Waals surface area contributed by atoms with Gasteiger partial charge in [0.25, 0.3) is 0 Å². The molecule has 1 fully saturated rings. The van der Waals surface area contributed by atoms with E-state index < -0.39 is 0 Å². The van der Waals surface area contributed by atoms with Crippen LogP contribution >= 0.6 is 0 Å². The summed E-state index contributed by atoms with van der Waals surface area (Å²) >= 11 is 0. The third-order valence-electron chi connectivity index (χ3n) is 3.58. The van der Waals surface area contributed by atoms with E-state index >= 15 is 0 Å². The van der Waals surface area contributed by atoms with Gasteiger partial charge in [-0.05, 0) is 40.2 Å². The predicted octanol–water partition coefficient (Wildman–Crippen LogP) is 2.81. The molecule has 0 aliphatic carbocycles. The third-order valence-corrected chi connectivity index (χ3v) is 3.58. The van der Waals surface area contributed by atoms with Gasteiger partial charge in [0.1, 0.15) is 5.78 Å². The van der Waals surface area contributed by atoms with Crippen molar-refractivity contribution >= 4 is 5.78 Å². The molecule has 0 unspecified atom stereocenters. The second-order valence-corrected chi connectivity index (χ2v) is 5.76. The summed E-state index contributed by atoms with van der Waals surface area (Å²) in [5.41, 5.74) is 0. The van der Waals surface area contributed by atoms with Crippen molar-refractivity contribution < 1.29 is 9.53 Å². The second kappa shape index (κ2) is 13.2. The first-order valence-corrected chi connectivity index (χ1v) is 8.63. The molecule has 1 heterocycles. The normalized spacial score (nSPS) is 16.7. The molecule has 0 spiro atoms. The predicted molar refractivity (Wildman–Crippen MR) is 89.8 cm³/mol. The van der Waals surface area contributed by atoms with Gasteiger partial charge in [-0.3, -0.25) is 4.90 Å². The number of carbonyl (C=O) groups excluding carboxylic acids is 1. The Bertz CT molecular complexity index is 249. The zero-order chi connectivity index (χ0) is 16.1. The molecule has 0 saturated carbocycles. The number of nitrogens with zero attached hydrogens (tertiary/aromatic N) is 2. The minimum Gasteiger partial charge on any atom is -0.377 e. The van der Waals surface area contributed by atoms with Crippen molar-refractivity contribution in [1.29, 1.82) is 0 Å². The molecule has 1 saturated heterocycles. The summed E-state index contributed by atoms with van der Waals surface area (Å²) in [6, 6.07) is 0. The maximum absolute atomic E-state index is 10.9. The van der Waals surface area contributed by atoms with Gasteiger partial charge in [0.15, 0.2) is 0 Å². The van der Waals surface area contributed by atoms with Crippen LogP contribution in [0.5, 0.6) is 0 Å². The van der Waals surface area contributed by atoms with Gasteiger partial charge >= 0.3 is 0 Å². The lowest BCUT2D eigenvalue weighted by molar-refractivity contribution is -0.117. The van der Waals surface area contributed by atoms with Crippen LogP contribution in [0.1, 0.15) is 53.9 Å². The van der Waals surface area contributed by atoms with Crippen LogP contribution in [0.4, 0.5) is 0 Å². The van der Waals surface area contributed by atoms with Gasteiger partial charge in [-0.2, -0.15) is 0 Å². The maximum atomic E-state index is 10.9. The largest absolute Gasteiger partial charge is 0.377 e. The number of hydrogen-bond donors (Lipinski definition) is 0. The Hall–Kier alpha value is -0.450. The fourth-order valence-corrected chi connectivity index (χ4v) is 2.36.